The summed E-state index contributed by atoms with van der Waals surface area (Å²) in [5, 5.41) is 3.68. The van der Waals surface area contributed by atoms with Crippen LogP contribution in [0.15, 0.2) is 0 Å². The van der Waals surface area contributed by atoms with Crippen molar-refractivity contribution in [3.63, 3.8) is 0 Å². The summed E-state index contributed by atoms with van der Waals surface area (Å²) in [5.41, 5.74) is 0.398. The standard InChI is InChI=1S/C17H30N2O/c1-3-7-14-16(20)19(12-17(2)10-6-11-17)15(18-14)13-8-4-5-9-13/h13-15,18H,3-12H2,1-2H3. The average molecular weight is 278 g/mol. The summed E-state index contributed by atoms with van der Waals surface area (Å²) >= 11 is 0. The highest BCUT2D eigenvalue weighted by Gasteiger charge is 2.46. The number of hydrogen-bond acceptors (Lipinski definition) is 2. The lowest BCUT2D eigenvalue weighted by Gasteiger charge is -2.43. The molecule has 3 fully saturated rings. The summed E-state index contributed by atoms with van der Waals surface area (Å²) < 4.78 is 0. The van der Waals surface area contributed by atoms with Gasteiger partial charge in [0.25, 0.3) is 0 Å². The molecule has 1 aliphatic heterocycles. The Bertz CT molecular complexity index is 358. The van der Waals surface area contributed by atoms with Gasteiger partial charge in [-0.3, -0.25) is 10.1 Å². The number of rotatable bonds is 5. The molecule has 114 valence electrons. The van der Waals surface area contributed by atoms with Crippen LogP contribution in [0.3, 0.4) is 0 Å². The van der Waals surface area contributed by atoms with Crippen LogP contribution in [0.1, 0.15) is 71.6 Å². The van der Waals surface area contributed by atoms with E-state index in [1.165, 1.54) is 44.9 Å². The summed E-state index contributed by atoms with van der Waals surface area (Å²) in [6, 6.07) is 0.0919. The third kappa shape index (κ3) is 2.61. The first-order chi connectivity index (χ1) is 9.63. The van der Waals surface area contributed by atoms with Gasteiger partial charge in [0.05, 0.1) is 12.2 Å². The second kappa shape index (κ2) is 5.67. The van der Waals surface area contributed by atoms with Crippen molar-refractivity contribution in [3.8, 4) is 0 Å². The highest BCUT2D eigenvalue weighted by Crippen LogP contribution is 2.43. The molecule has 0 aromatic heterocycles. The van der Waals surface area contributed by atoms with E-state index in [0.29, 0.717) is 23.4 Å². The minimum absolute atomic E-state index is 0.0919. The topological polar surface area (TPSA) is 32.3 Å². The van der Waals surface area contributed by atoms with Crippen molar-refractivity contribution < 1.29 is 4.79 Å². The monoisotopic (exact) mass is 278 g/mol. The van der Waals surface area contributed by atoms with Crippen molar-refractivity contribution >= 4 is 5.91 Å². The molecule has 0 spiro atoms. The molecule has 2 aliphatic carbocycles. The summed E-state index contributed by atoms with van der Waals surface area (Å²) in [4.78, 5) is 15.0. The Balaban J connectivity index is 1.72. The zero-order chi connectivity index (χ0) is 14.2. The van der Waals surface area contributed by atoms with Gasteiger partial charge in [-0.25, -0.2) is 0 Å². The zero-order valence-corrected chi connectivity index (χ0v) is 13.2. The van der Waals surface area contributed by atoms with Gasteiger partial charge in [-0.1, -0.05) is 39.5 Å². The molecular weight excluding hydrogens is 248 g/mol. The fourth-order valence-electron chi connectivity index (χ4n) is 4.39. The van der Waals surface area contributed by atoms with E-state index in [4.69, 9.17) is 0 Å². The van der Waals surface area contributed by atoms with Gasteiger partial charge in [0, 0.05) is 6.54 Å². The normalized spacial score (nSPS) is 33.7. The van der Waals surface area contributed by atoms with Gasteiger partial charge < -0.3 is 4.90 Å². The minimum Gasteiger partial charge on any atom is -0.325 e. The van der Waals surface area contributed by atoms with Crippen LogP contribution in [0.2, 0.25) is 0 Å². The van der Waals surface area contributed by atoms with Crippen molar-refractivity contribution in [2.75, 3.05) is 6.54 Å². The number of nitrogens with one attached hydrogen (secondary N) is 1. The Morgan fingerprint density at radius 2 is 1.95 bits per heavy atom. The van der Waals surface area contributed by atoms with Crippen molar-refractivity contribution in [3.05, 3.63) is 0 Å². The van der Waals surface area contributed by atoms with Crippen LogP contribution in [-0.2, 0) is 4.79 Å². The van der Waals surface area contributed by atoms with Crippen molar-refractivity contribution in [2.24, 2.45) is 11.3 Å². The van der Waals surface area contributed by atoms with Crippen molar-refractivity contribution in [1.82, 2.24) is 10.2 Å². The predicted octanol–water partition coefficient (Wildman–Crippen LogP) is 3.29. The van der Waals surface area contributed by atoms with Gasteiger partial charge in [0.1, 0.15) is 0 Å². The minimum atomic E-state index is 0.0919. The van der Waals surface area contributed by atoms with Crippen LogP contribution < -0.4 is 5.32 Å². The number of carbonyl (C=O) groups excluding carboxylic acids is 1. The molecule has 1 amide bonds. The molecule has 2 unspecified atom stereocenters. The van der Waals surface area contributed by atoms with E-state index in [1.807, 2.05) is 0 Å². The molecule has 0 radical (unpaired) electrons. The van der Waals surface area contributed by atoms with E-state index in [9.17, 15) is 4.79 Å². The number of carbonyl (C=O) groups is 1. The summed E-state index contributed by atoms with van der Waals surface area (Å²) in [7, 11) is 0. The molecule has 1 saturated heterocycles. The Kier molecular flexibility index (Phi) is 4.07. The molecule has 2 saturated carbocycles. The highest BCUT2D eigenvalue weighted by atomic mass is 16.2. The first kappa shape index (κ1) is 14.4. The summed E-state index contributed by atoms with van der Waals surface area (Å²) in [6.45, 7) is 5.53. The Morgan fingerprint density at radius 1 is 1.25 bits per heavy atom. The second-order valence-corrected chi connectivity index (χ2v) is 7.63. The van der Waals surface area contributed by atoms with Crippen LogP contribution in [0.4, 0.5) is 0 Å². The highest BCUT2D eigenvalue weighted by molar-refractivity contribution is 5.84. The SMILES string of the molecule is CCCC1NC(C2CCCC2)N(CC2(C)CCC2)C1=O. The number of hydrogen-bond donors (Lipinski definition) is 1. The molecule has 0 aromatic rings. The largest absolute Gasteiger partial charge is 0.325 e. The Morgan fingerprint density at radius 3 is 2.50 bits per heavy atom. The molecule has 0 aromatic carbocycles. The molecule has 2 atom stereocenters. The third-order valence-electron chi connectivity index (χ3n) is 5.83. The van der Waals surface area contributed by atoms with Gasteiger partial charge in [-0.05, 0) is 43.4 Å². The van der Waals surface area contributed by atoms with Crippen molar-refractivity contribution in [1.29, 1.82) is 0 Å². The Hall–Kier alpha value is -0.570. The molecule has 1 heterocycles. The van der Waals surface area contributed by atoms with E-state index in [2.05, 4.69) is 24.1 Å². The maximum absolute atomic E-state index is 12.7. The zero-order valence-electron chi connectivity index (χ0n) is 13.2. The molecule has 20 heavy (non-hydrogen) atoms. The summed E-state index contributed by atoms with van der Waals surface area (Å²) in [5.74, 6) is 1.08. The lowest BCUT2D eigenvalue weighted by molar-refractivity contribution is -0.133. The van der Waals surface area contributed by atoms with Crippen LogP contribution in [0, 0.1) is 11.3 Å². The molecule has 3 aliphatic rings. The van der Waals surface area contributed by atoms with Gasteiger partial charge in [-0.15, -0.1) is 0 Å². The first-order valence-electron chi connectivity index (χ1n) is 8.69. The third-order valence-corrected chi connectivity index (χ3v) is 5.83. The Labute approximate surface area is 123 Å². The van der Waals surface area contributed by atoms with E-state index >= 15 is 0 Å². The van der Waals surface area contributed by atoms with Gasteiger partial charge in [-0.2, -0.15) is 0 Å². The maximum Gasteiger partial charge on any atom is 0.241 e. The number of nitrogens with zero attached hydrogens (tertiary/aromatic N) is 1. The smallest absolute Gasteiger partial charge is 0.241 e. The summed E-state index contributed by atoms with van der Waals surface area (Å²) in [6.07, 6.45) is 11.7. The van der Waals surface area contributed by atoms with E-state index in [-0.39, 0.29) is 6.04 Å². The fourth-order valence-corrected chi connectivity index (χ4v) is 4.39. The lowest BCUT2D eigenvalue weighted by Crippen LogP contribution is -2.48. The average Bonchev–Trinajstić information content (AvgIpc) is 3.00. The molecule has 3 nitrogen and oxygen atoms in total. The van der Waals surface area contributed by atoms with Gasteiger partial charge in [0.15, 0.2) is 0 Å². The van der Waals surface area contributed by atoms with E-state index in [0.717, 1.165) is 19.4 Å². The fraction of sp³-hybridized carbons (Fsp3) is 0.941. The van der Waals surface area contributed by atoms with Crippen LogP contribution in [-0.4, -0.2) is 29.6 Å². The molecule has 3 rings (SSSR count). The van der Waals surface area contributed by atoms with Gasteiger partial charge >= 0.3 is 0 Å². The van der Waals surface area contributed by atoms with Crippen LogP contribution in [0.25, 0.3) is 0 Å². The van der Waals surface area contributed by atoms with Crippen LogP contribution >= 0.6 is 0 Å². The molecular formula is C17H30N2O. The van der Waals surface area contributed by atoms with Crippen LogP contribution in [0.5, 0.6) is 0 Å². The first-order valence-corrected chi connectivity index (χ1v) is 8.69. The predicted molar refractivity (Wildman–Crippen MR) is 81.2 cm³/mol. The second-order valence-electron chi connectivity index (χ2n) is 7.63. The molecule has 0 bridgehead atoms. The quantitative estimate of drug-likeness (QED) is 0.837. The van der Waals surface area contributed by atoms with E-state index < -0.39 is 0 Å². The van der Waals surface area contributed by atoms with Gasteiger partial charge in [0.2, 0.25) is 5.91 Å². The van der Waals surface area contributed by atoms with E-state index in [1.54, 1.807) is 0 Å². The number of amides is 1. The molecule has 1 N–H and O–H groups in total. The maximum atomic E-state index is 12.7. The lowest BCUT2D eigenvalue weighted by atomic mass is 9.70. The van der Waals surface area contributed by atoms with Crippen molar-refractivity contribution in [2.45, 2.75) is 83.8 Å². The molecule has 3 heteroatoms.